The Kier molecular flexibility index (Phi) is 5.96. The van der Waals surface area contributed by atoms with Crippen molar-refractivity contribution in [3.63, 3.8) is 0 Å². The molecule has 0 atom stereocenters. The minimum atomic E-state index is -0.905. The normalized spacial score (nSPS) is 17.4. The van der Waals surface area contributed by atoms with Crippen LogP contribution in [0, 0.1) is 0 Å². The maximum absolute atomic E-state index is 10.7. The third-order valence-electron chi connectivity index (χ3n) is 3.86. The Balaban J connectivity index is 1.96. The topological polar surface area (TPSA) is 43.8 Å². The van der Waals surface area contributed by atoms with Crippen LogP contribution in [0.5, 0.6) is 0 Å². The van der Waals surface area contributed by atoms with Crippen LogP contribution in [0.3, 0.4) is 0 Å². The van der Waals surface area contributed by atoms with Crippen LogP contribution in [0.25, 0.3) is 6.08 Å². The van der Waals surface area contributed by atoms with Gasteiger partial charge in [0.25, 0.3) is 0 Å². The molecule has 1 heterocycles. The van der Waals surface area contributed by atoms with Crippen LogP contribution < -0.4 is 0 Å². The third kappa shape index (κ3) is 4.99. The van der Waals surface area contributed by atoms with Crippen LogP contribution in [0.4, 0.5) is 0 Å². The smallest absolute Gasteiger partial charge is 0.328 e. The van der Waals surface area contributed by atoms with Crippen molar-refractivity contribution in [1.29, 1.82) is 0 Å². The summed E-state index contributed by atoms with van der Waals surface area (Å²) in [5.41, 5.74) is 2.19. The van der Waals surface area contributed by atoms with E-state index in [0.717, 1.165) is 38.3 Å². The number of carboxylic acids is 1. The summed E-state index contributed by atoms with van der Waals surface area (Å²) >= 11 is 0. The van der Waals surface area contributed by atoms with Crippen molar-refractivity contribution in [2.24, 2.45) is 0 Å². The van der Waals surface area contributed by atoms with Gasteiger partial charge in [0, 0.05) is 38.8 Å². The molecule has 0 amide bonds. The molecule has 1 aromatic rings. The van der Waals surface area contributed by atoms with Crippen molar-refractivity contribution in [2.45, 2.75) is 19.9 Å². The predicted octanol–water partition coefficient (Wildman–Crippen LogP) is 2.31. The molecule has 0 aromatic heterocycles. The van der Waals surface area contributed by atoms with E-state index in [0.29, 0.717) is 0 Å². The second kappa shape index (κ2) is 7.96. The van der Waals surface area contributed by atoms with Gasteiger partial charge in [0.1, 0.15) is 0 Å². The highest BCUT2D eigenvalue weighted by atomic mass is 16.4. The Morgan fingerprint density at radius 2 is 1.86 bits per heavy atom. The summed E-state index contributed by atoms with van der Waals surface area (Å²) in [6, 6.07) is 8.02. The van der Waals surface area contributed by atoms with Gasteiger partial charge in [-0.15, -0.1) is 0 Å². The SMILES string of the molecule is CCCN1CCN(Cc2ccccc2C=CC(=O)O)CC1. The van der Waals surface area contributed by atoms with E-state index in [9.17, 15) is 4.79 Å². The molecule has 0 radical (unpaired) electrons. The lowest BCUT2D eigenvalue weighted by atomic mass is 10.1. The van der Waals surface area contributed by atoms with E-state index >= 15 is 0 Å². The van der Waals surface area contributed by atoms with Crippen LogP contribution in [0.1, 0.15) is 24.5 Å². The van der Waals surface area contributed by atoms with Crippen molar-refractivity contribution in [2.75, 3.05) is 32.7 Å². The second-order valence-corrected chi connectivity index (χ2v) is 5.49. The largest absolute Gasteiger partial charge is 0.478 e. The molecule has 0 bridgehead atoms. The van der Waals surface area contributed by atoms with E-state index < -0.39 is 5.97 Å². The van der Waals surface area contributed by atoms with Gasteiger partial charge in [-0.05, 0) is 30.2 Å². The van der Waals surface area contributed by atoms with E-state index in [4.69, 9.17) is 5.11 Å². The lowest BCUT2D eigenvalue weighted by Gasteiger charge is -2.34. The van der Waals surface area contributed by atoms with Gasteiger partial charge in [-0.1, -0.05) is 31.2 Å². The van der Waals surface area contributed by atoms with Crippen molar-refractivity contribution < 1.29 is 9.90 Å². The zero-order valence-electron chi connectivity index (χ0n) is 12.7. The van der Waals surface area contributed by atoms with Crippen LogP contribution >= 0.6 is 0 Å². The van der Waals surface area contributed by atoms with Gasteiger partial charge in [-0.25, -0.2) is 4.79 Å². The van der Waals surface area contributed by atoms with E-state index in [1.165, 1.54) is 24.6 Å². The highest BCUT2D eigenvalue weighted by Crippen LogP contribution is 2.15. The van der Waals surface area contributed by atoms with Crippen LogP contribution in [-0.4, -0.2) is 53.6 Å². The molecule has 2 rings (SSSR count). The van der Waals surface area contributed by atoms with Gasteiger partial charge in [0.2, 0.25) is 0 Å². The predicted molar refractivity (Wildman–Crippen MR) is 85.1 cm³/mol. The van der Waals surface area contributed by atoms with Gasteiger partial charge in [-0.2, -0.15) is 0 Å². The average molecular weight is 288 g/mol. The summed E-state index contributed by atoms with van der Waals surface area (Å²) in [7, 11) is 0. The highest BCUT2D eigenvalue weighted by molar-refractivity contribution is 5.85. The third-order valence-corrected chi connectivity index (χ3v) is 3.86. The first kappa shape index (κ1) is 15.7. The molecule has 0 aliphatic carbocycles. The lowest BCUT2D eigenvalue weighted by molar-refractivity contribution is -0.131. The monoisotopic (exact) mass is 288 g/mol. The second-order valence-electron chi connectivity index (χ2n) is 5.49. The molecule has 1 aromatic carbocycles. The number of piperazine rings is 1. The number of carboxylic acid groups (broad SMARTS) is 1. The summed E-state index contributed by atoms with van der Waals surface area (Å²) in [6.07, 6.45) is 4.10. The molecule has 4 nitrogen and oxygen atoms in total. The van der Waals surface area contributed by atoms with Gasteiger partial charge < -0.3 is 10.0 Å². The lowest BCUT2D eigenvalue weighted by Crippen LogP contribution is -2.46. The molecule has 1 fully saturated rings. The van der Waals surface area contributed by atoms with Crippen molar-refractivity contribution in [1.82, 2.24) is 9.80 Å². The average Bonchev–Trinajstić information content (AvgIpc) is 2.48. The number of hydrogen-bond donors (Lipinski definition) is 1. The van der Waals surface area contributed by atoms with Crippen molar-refractivity contribution in [3.05, 3.63) is 41.5 Å². The Labute approximate surface area is 126 Å². The fourth-order valence-electron chi connectivity index (χ4n) is 2.73. The Hall–Kier alpha value is -1.65. The fourth-order valence-corrected chi connectivity index (χ4v) is 2.73. The summed E-state index contributed by atoms with van der Waals surface area (Å²) in [5, 5.41) is 8.76. The summed E-state index contributed by atoms with van der Waals surface area (Å²) in [6.45, 7) is 8.71. The Morgan fingerprint density at radius 1 is 1.19 bits per heavy atom. The van der Waals surface area contributed by atoms with Crippen LogP contribution in [0.15, 0.2) is 30.3 Å². The summed E-state index contributed by atoms with van der Waals surface area (Å²) < 4.78 is 0. The molecule has 1 aliphatic rings. The van der Waals surface area contributed by atoms with Crippen molar-refractivity contribution in [3.8, 4) is 0 Å². The molecule has 0 saturated carbocycles. The summed E-state index contributed by atoms with van der Waals surface area (Å²) in [4.78, 5) is 15.6. The fraction of sp³-hybridized carbons (Fsp3) is 0.471. The van der Waals surface area contributed by atoms with Gasteiger partial charge in [0.15, 0.2) is 0 Å². The van der Waals surface area contributed by atoms with Crippen LogP contribution in [-0.2, 0) is 11.3 Å². The number of benzene rings is 1. The first-order valence-corrected chi connectivity index (χ1v) is 7.62. The van der Waals surface area contributed by atoms with E-state index in [2.05, 4.69) is 22.8 Å². The number of rotatable bonds is 6. The molecule has 1 saturated heterocycles. The Morgan fingerprint density at radius 3 is 2.52 bits per heavy atom. The molecular weight excluding hydrogens is 264 g/mol. The standard InChI is InChI=1S/C17H24N2O2/c1-2-9-18-10-12-19(13-11-18)14-16-6-4-3-5-15(16)7-8-17(20)21/h3-8H,2,9-14H2,1H3,(H,20,21). The number of hydrogen-bond acceptors (Lipinski definition) is 3. The quantitative estimate of drug-likeness (QED) is 0.816. The van der Waals surface area contributed by atoms with Gasteiger partial charge >= 0.3 is 5.97 Å². The maximum Gasteiger partial charge on any atom is 0.328 e. The van der Waals surface area contributed by atoms with Gasteiger partial charge in [-0.3, -0.25) is 4.90 Å². The molecule has 4 heteroatoms. The highest BCUT2D eigenvalue weighted by Gasteiger charge is 2.16. The summed E-state index contributed by atoms with van der Waals surface area (Å²) in [5.74, 6) is -0.905. The van der Waals surface area contributed by atoms with E-state index in [1.807, 2.05) is 18.2 Å². The van der Waals surface area contributed by atoms with E-state index in [1.54, 1.807) is 6.08 Å². The molecular formula is C17H24N2O2. The minimum absolute atomic E-state index is 0.889. The number of carbonyl (C=O) groups is 1. The molecule has 1 N–H and O–H groups in total. The number of nitrogens with zero attached hydrogens (tertiary/aromatic N) is 2. The van der Waals surface area contributed by atoms with Gasteiger partial charge in [0.05, 0.1) is 0 Å². The Bertz CT molecular complexity index is 491. The van der Waals surface area contributed by atoms with Crippen molar-refractivity contribution >= 4 is 12.0 Å². The zero-order chi connectivity index (χ0) is 15.1. The molecule has 114 valence electrons. The first-order chi connectivity index (χ1) is 10.2. The zero-order valence-corrected chi connectivity index (χ0v) is 12.7. The molecule has 21 heavy (non-hydrogen) atoms. The van der Waals surface area contributed by atoms with Crippen LogP contribution in [0.2, 0.25) is 0 Å². The minimum Gasteiger partial charge on any atom is -0.478 e. The molecule has 1 aliphatic heterocycles. The molecule has 0 spiro atoms. The first-order valence-electron chi connectivity index (χ1n) is 7.62. The number of aliphatic carboxylic acids is 1. The van der Waals surface area contributed by atoms with E-state index in [-0.39, 0.29) is 0 Å². The maximum atomic E-state index is 10.7. The molecule has 0 unspecified atom stereocenters.